The Bertz CT molecular complexity index is 3220. The van der Waals surface area contributed by atoms with E-state index in [1.807, 2.05) is 36.4 Å². The molecule has 0 aliphatic heterocycles. The Labute approximate surface area is 329 Å². The van der Waals surface area contributed by atoms with Crippen molar-refractivity contribution in [2.75, 3.05) is 4.90 Å². The van der Waals surface area contributed by atoms with Crippen molar-refractivity contribution in [2.45, 2.75) is 0 Å². The molecule has 0 saturated heterocycles. The van der Waals surface area contributed by atoms with Gasteiger partial charge in [-0.3, -0.25) is 0 Å². The third-order valence-electron chi connectivity index (χ3n) is 10.9. The summed E-state index contributed by atoms with van der Waals surface area (Å²) in [6, 6.07) is 72.5. The molecule has 0 aliphatic carbocycles. The molecule has 2 heterocycles. The SMILES string of the molecule is c1ccc(-c2ccc(N(c3ccc4ccccc4c3)c3ccc(-c4cccc5c4oc4cc6oc(-c7ccccc7)nc6cc45)cc3-c3ccccc3)cc2)cc1. The fourth-order valence-electron chi connectivity index (χ4n) is 8.07. The van der Waals surface area contributed by atoms with Gasteiger partial charge in [0, 0.05) is 44.9 Å². The molecular weight excluding hydrogens is 697 g/mol. The summed E-state index contributed by atoms with van der Waals surface area (Å²) in [7, 11) is 0. The van der Waals surface area contributed by atoms with Crippen LogP contribution < -0.4 is 4.90 Å². The molecule has 57 heavy (non-hydrogen) atoms. The molecule has 0 bridgehead atoms. The topological polar surface area (TPSA) is 42.4 Å². The van der Waals surface area contributed by atoms with E-state index in [9.17, 15) is 0 Å². The summed E-state index contributed by atoms with van der Waals surface area (Å²) in [5.74, 6) is 0.599. The molecule has 0 unspecified atom stereocenters. The zero-order valence-corrected chi connectivity index (χ0v) is 30.8. The maximum Gasteiger partial charge on any atom is 0.227 e. The Kier molecular flexibility index (Phi) is 7.78. The predicted octanol–water partition coefficient (Wildman–Crippen LogP) is 15.0. The quantitative estimate of drug-likeness (QED) is 0.164. The number of benzene rings is 9. The van der Waals surface area contributed by atoms with Gasteiger partial charge >= 0.3 is 0 Å². The zero-order chi connectivity index (χ0) is 37.7. The van der Waals surface area contributed by atoms with E-state index in [1.165, 1.54) is 21.9 Å². The zero-order valence-electron chi connectivity index (χ0n) is 30.8. The smallest absolute Gasteiger partial charge is 0.227 e. The first-order valence-electron chi connectivity index (χ1n) is 19.2. The summed E-state index contributed by atoms with van der Waals surface area (Å²) in [5.41, 5.74) is 14.0. The number of oxazole rings is 1. The third-order valence-corrected chi connectivity index (χ3v) is 10.9. The molecule has 0 fully saturated rings. The van der Waals surface area contributed by atoms with Crippen LogP contribution in [0, 0.1) is 0 Å². The van der Waals surface area contributed by atoms with Crippen molar-refractivity contribution in [1.29, 1.82) is 0 Å². The molecule has 0 N–H and O–H groups in total. The van der Waals surface area contributed by atoms with Gasteiger partial charge in [-0.2, -0.15) is 0 Å². The molecule has 0 radical (unpaired) electrons. The van der Waals surface area contributed by atoms with Crippen molar-refractivity contribution in [3.05, 3.63) is 206 Å². The molecule has 0 atom stereocenters. The Morgan fingerprint density at radius 2 is 1.02 bits per heavy atom. The van der Waals surface area contributed by atoms with Crippen LogP contribution in [0.5, 0.6) is 0 Å². The summed E-state index contributed by atoms with van der Waals surface area (Å²) in [6.45, 7) is 0. The average Bonchev–Trinajstić information content (AvgIpc) is 3.87. The van der Waals surface area contributed by atoms with Crippen molar-refractivity contribution in [2.24, 2.45) is 0 Å². The van der Waals surface area contributed by atoms with E-state index in [0.29, 0.717) is 11.5 Å². The molecule has 2 aromatic heterocycles. The number of nitrogens with zero attached hydrogens (tertiary/aromatic N) is 2. The van der Waals surface area contributed by atoms with Crippen molar-refractivity contribution in [3.8, 4) is 44.8 Å². The van der Waals surface area contributed by atoms with E-state index in [-0.39, 0.29) is 0 Å². The van der Waals surface area contributed by atoms with Crippen LogP contribution in [-0.2, 0) is 0 Å². The second-order valence-electron chi connectivity index (χ2n) is 14.4. The molecule has 4 heteroatoms. The fraction of sp³-hybridized carbons (Fsp3) is 0. The first-order chi connectivity index (χ1) is 28.2. The first kappa shape index (κ1) is 32.7. The minimum atomic E-state index is 0.599. The number of aromatic nitrogens is 1. The highest BCUT2D eigenvalue weighted by atomic mass is 16.4. The summed E-state index contributed by atoms with van der Waals surface area (Å²) < 4.78 is 12.9. The Morgan fingerprint density at radius 3 is 1.79 bits per heavy atom. The predicted molar refractivity (Wildman–Crippen MR) is 235 cm³/mol. The van der Waals surface area contributed by atoms with Gasteiger partial charge in [0.1, 0.15) is 16.7 Å². The number of fused-ring (bicyclic) bond motifs is 5. The van der Waals surface area contributed by atoms with Crippen LogP contribution in [0.15, 0.2) is 215 Å². The van der Waals surface area contributed by atoms with Crippen molar-refractivity contribution in [3.63, 3.8) is 0 Å². The molecule has 9 aromatic carbocycles. The van der Waals surface area contributed by atoms with E-state index >= 15 is 0 Å². The summed E-state index contributed by atoms with van der Waals surface area (Å²) in [5, 5.41) is 4.44. The minimum Gasteiger partial charge on any atom is -0.455 e. The average molecular weight is 731 g/mol. The second kappa shape index (κ2) is 13.6. The maximum atomic E-state index is 6.71. The second-order valence-corrected chi connectivity index (χ2v) is 14.4. The first-order valence-corrected chi connectivity index (χ1v) is 19.2. The van der Waals surface area contributed by atoms with Gasteiger partial charge < -0.3 is 13.7 Å². The number of furan rings is 1. The van der Waals surface area contributed by atoms with Crippen LogP contribution >= 0.6 is 0 Å². The van der Waals surface area contributed by atoms with Gasteiger partial charge in [-0.1, -0.05) is 146 Å². The van der Waals surface area contributed by atoms with Crippen LogP contribution in [0.25, 0.3) is 88.6 Å². The van der Waals surface area contributed by atoms with Crippen LogP contribution in [0.2, 0.25) is 0 Å². The molecule has 11 aromatic rings. The van der Waals surface area contributed by atoms with Gasteiger partial charge in [-0.25, -0.2) is 4.98 Å². The van der Waals surface area contributed by atoms with Gasteiger partial charge in [0.2, 0.25) is 5.89 Å². The Hall–Kier alpha value is -7.69. The highest BCUT2D eigenvalue weighted by molar-refractivity contribution is 6.12. The molecule has 268 valence electrons. The molecule has 0 spiro atoms. The van der Waals surface area contributed by atoms with E-state index in [2.05, 4.69) is 175 Å². The molecule has 0 amide bonds. The van der Waals surface area contributed by atoms with Crippen LogP contribution in [0.1, 0.15) is 0 Å². The van der Waals surface area contributed by atoms with Gasteiger partial charge in [-0.15, -0.1) is 0 Å². The number of para-hydroxylation sites is 1. The van der Waals surface area contributed by atoms with E-state index < -0.39 is 0 Å². The van der Waals surface area contributed by atoms with E-state index in [1.54, 1.807) is 0 Å². The van der Waals surface area contributed by atoms with Crippen LogP contribution in [-0.4, -0.2) is 4.98 Å². The third kappa shape index (κ3) is 5.83. The molecule has 4 nitrogen and oxygen atoms in total. The van der Waals surface area contributed by atoms with Crippen molar-refractivity contribution < 1.29 is 8.83 Å². The van der Waals surface area contributed by atoms with E-state index in [4.69, 9.17) is 13.8 Å². The molecule has 0 aliphatic rings. The molecular formula is C53H34N2O2. The summed E-state index contributed by atoms with van der Waals surface area (Å²) in [6.07, 6.45) is 0. The molecule has 0 saturated carbocycles. The Balaban J connectivity index is 1.07. The lowest BCUT2D eigenvalue weighted by Crippen LogP contribution is -2.11. The van der Waals surface area contributed by atoms with E-state index in [0.717, 1.165) is 72.3 Å². The monoisotopic (exact) mass is 730 g/mol. The molecule has 11 rings (SSSR count). The van der Waals surface area contributed by atoms with Crippen LogP contribution in [0.3, 0.4) is 0 Å². The highest BCUT2D eigenvalue weighted by Crippen LogP contribution is 2.45. The number of hydrogen-bond donors (Lipinski definition) is 0. The van der Waals surface area contributed by atoms with Gasteiger partial charge in [0.05, 0.1) is 5.69 Å². The summed E-state index contributed by atoms with van der Waals surface area (Å²) >= 11 is 0. The Morgan fingerprint density at radius 1 is 0.368 bits per heavy atom. The lowest BCUT2D eigenvalue weighted by molar-refractivity contribution is 0.617. The maximum absolute atomic E-state index is 6.71. The standard InChI is InChI=1S/C53H34N2O2/c1-4-13-35(14-5-1)37-23-27-42(28-24-37)55(43-29-25-36-15-10-11-20-40(36)31-43)49-30-26-41(32-46(49)38-16-6-2-7-17-38)44-21-12-22-45-47-33-48-51(34-50(47)56-52(44)45)57-53(54-48)39-18-8-3-9-19-39/h1-34H. The minimum absolute atomic E-state index is 0.599. The lowest BCUT2D eigenvalue weighted by Gasteiger charge is -2.29. The number of rotatable bonds is 7. The number of anilines is 3. The van der Waals surface area contributed by atoms with Crippen molar-refractivity contribution in [1.82, 2.24) is 4.98 Å². The lowest BCUT2D eigenvalue weighted by atomic mass is 9.95. The van der Waals surface area contributed by atoms with Crippen LogP contribution in [0.4, 0.5) is 17.1 Å². The highest BCUT2D eigenvalue weighted by Gasteiger charge is 2.21. The van der Waals surface area contributed by atoms with Crippen molar-refractivity contribution >= 4 is 60.9 Å². The normalized spacial score (nSPS) is 11.5. The van der Waals surface area contributed by atoms with Gasteiger partial charge in [-0.05, 0) is 87.6 Å². The fourth-order valence-corrected chi connectivity index (χ4v) is 8.07. The largest absolute Gasteiger partial charge is 0.455 e. The van der Waals surface area contributed by atoms with Gasteiger partial charge in [0.25, 0.3) is 0 Å². The van der Waals surface area contributed by atoms with Gasteiger partial charge in [0.15, 0.2) is 5.58 Å². The number of hydrogen-bond acceptors (Lipinski definition) is 4. The summed E-state index contributed by atoms with van der Waals surface area (Å²) in [4.78, 5) is 7.22.